The molecule has 0 unspecified atom stereocenters. The minimum atomic E-state index is 0.0850. The zero-order valence-electron chi connectivity index (χ0n) is 17.0. The number of rotatable bonds is 4. The molecule has 0 saturated carbocycles. The van der Waals surface area contributed by atoms with E-state index in [1.165, 1.54) is 16.7 Å². The van der Waals surface area contributed by atoms with Gasteiger partial charge in [-0.15, -0.1) is 0 Å². The Bertz CT molecular complexity index is 906. The van der Waals surface area contributed by atoms with Crippen molar-refractivity contribution in [3.8, 4) is 23.0 Å². The second kappa shape index (κ2) is 7.43. The molecule has 1 fully saturated rings. The van der Waals surface area contributed by atoms with E-state index < -0.39 is 0 Å². The third-order valence-electron chi connectivity index (χ3n) is 6.39. The van der Waals surface area contributed by atoms with Crippen LogP contribution in [-0.2, 0) is 23.2 Å². The van der Waals surface area contributed by atoms with Crippen molar-refractivity contribution in [1.82, 2.24) is 4.90 Å². The second-order valence-electron chi connectivity index (χ2n) is 8.09. The van der Waals surface area contributed by atoms with E-state index in [0.717, 1.165) is 68.7 Å². The quantitative estimate of drug-likeness (QED) is 0.787. The summed E-state index contributed by atoms with van der Waals surface area (Å²) in [5.41, 5.74) is 4.03. The Morgan fingerprint density at radius 2 is 1.72 bits per heavy atom. The van der Waals surface area contributed by atoms with Gasteiger partial charge in [0.25, 0.3) is 0 Å². The van der Waals surface area contributed by atoms with Crippen molar-refractivity contribution >= 4 is 0 Å². The highest BCUT2D eigenvalue weighted by Crippen LogP contribution is 2.45. The Morgan fingerprint density at radius 1 is 0.966 bits per heavy atom. The first-order valence-electron chi connectivity index (χ1n) is 10.1. The van der Waals surface area contributed by atoms with E-state index in [1.54, 1.807) is 14.2 Å². The van der Waals surface area contributed by atoms with E-state index >= 15 is 0 Å². The molecule has 0 N–H and O–H groups in total. The monoisotopic (exact) mass is 397 g/mol. The standard InChI is InChI=1S/C23H27NO5/c1-25-20-10-17-13-24(12-16-3-4-19-22(9-16)29-15-28-19)14-23(5-7-27-8-6-23)18(17)11-21(20)26-2/h3-4,9-11H,5-8,12-15H2,1-2H3. The number of hydrogen-bond donors (Lipinski definition) is 0. The average molecular weight is 397 g/mol. The lowest BCUT2D eigenvalue weighted by molar-refractivity contribution is 0.0240. The minimum Gasteiger partial charge on any atom is -0.493 e. The zero-order chi connectivity index (χ0) is 19.8. The van der Waals surface area contributed by atoms with Crippen LogP contribution in [0, 0.1) is 0 Å². The van der Waals surface area contributed by atoms with Crippen molar-refractivity contribution < 1.29 is 23.7 Å². The van der Waals surface area contributed by atoms with Crippen molar-refractivity contribution in [2.24, 2.45) is 0 Å². The fourth-order valence-corrected chi connectivity index (χ4v) is 4.95. The number of fused-ring (bicyclic) bond motifs is 3. The van der Waals surface area contributed by atoms with Crippen LogP contribution in [0.25, 0.3) is 0 Å². The molecule has 3 aliphatic rings. The maximum absolute atomic E-state index is 5.71. The molecule has 1 spiro atoms. The maximum Gasteiger partial charge on any atom is 0.231 e. The first-order valence-corrected chi connectivity index (χ1v) is 10.1. The lowest BCUT2D eigenvalue weighted by Gasteiger charge is -2.46. The summed E-state index contributed by atoms with van der Waals surface area (Å²) in [5.74, 6) is 3.27. The lowest BCUT2D eigenvalue weighted by Crippen LogP contribution is -2.48. The molecular formula is C23H27NO5. The Morgan fingerprint density at radius 3 is 2.52 bits per heavy atom. The van der Waals surface area contributed by atoms with Crippen LogP contribution in [0.3, 0.4) is 0 Å². The predicted molar refractivity (Wildman–Crippen MR) is 108 cm³/mol. The molecule has 2 aromatic carbocycles. The second-order valence-corrected chi connectivity index (χ2v) is 8.09. The fourth-order valence-electron chi connectivity index (χ4n) is 4.95. The van der Waals surface area contributed by atoms with E-state index in [4.69, 9.17) is 23.7 Å². The van der Waals surface area contributed by atoms with Crippen molar-refractivity contribution in [3.63, 3.8) is 0 Å². The largest absolute Gasteiger partial charge is 0.493 e. The predicted octanol–water partition coefficient (Wildman–Crippen LogP) is 3.50. The fraction of sp³-hybridized carbons (Fsp3) is 0.478. The molecule has 0 radical (unpaired) electrons. The van der Waals surface area contributed by atoms with E-state index in [0.29, 0.717) is 6.79 Å². The van der Waals surface area contributed by atoms with Gasteiger partial charge in [-0.3, -0.25) is 4.90 Å². The van der Waals surface area contributed by atoms with Crippen molar-refractivity contribution in [3.05, 3.63) is 47.0 Å². The minimum absolute atomic E-state index is 0.0850. The van der Waals surface area contributed by atoms with Gasteiger partial charge in [0, 0.05) is 38.3 Å². The summed E-state index contributed by atoms with van der Waals surface area (Å²) < 4.78 is 27.9. The number of methoxy groups -OCH3 is 2. The van der Waals surface area contributed by atoms with Crippen LogP contribution in [-0.4, -0.2) is 45.7 Å². The summed E-state index contributed by atoms with van der Waals surface area (Å²) in [5, 5.41) is 0. The molecule has 0 bridgehead atoms. The molecule has 6 heteroatoms. The summed E-state index contributed by atoms with van der Waals surface area (Å²) in [6, 6.07) is 10.6. The van der Waals surface area contributed by atoms with Gasteiger partial charge in [0.05, 0.1) is 14.2 Å². The van der Waals surface area contributed by atoms with Crippen LogP contribution in [0.5, 0.6) is 23.0 Å². The van der Waals surface area contributed by atoms with E-state index in [-0.39, 0.29) is 5.41 Å². The molecule has 3 heterocycles. The molecule has 0 atom stereocenters. The number of benzene rings is 2. The van der Waals surface area contributed by atoms with Crippen LogP contribution in [0.2, 0.25) is 0 Å². The highest BCUT2D eigenvalue weighted by molar-refractivity contribution is 5.51. The molecule has 0 amide bonds. The van der Waals surface area contributed by atoms with Gasteiger partial charge < -0.3 is 23.7 Å². The normalized spacial score (nSPS) is 19.8. The van der Waals surface area contributed by atoms with E-state index in [2.05, 4.69) is 29.2 Å². The third-order valence-corrected chi connectivity index (χ3v) is 6.39. The average Bonchev–Trinajstić information content (AvgIpc) is 3.21. The third kappa shape index (κ3) is 3.30. The molecular weight excluding hydrogens is 370 g/mol. The Kier molecular flexibility index (Phi) is 4.76. The molecule has 3 aliphatic heterocycles. The Labute approximate surface area is 171 Å². The summed E-state index contributed by atoms with van der Waals surface area (Å²) >= 11 is 0. The molecule has 6 nitrogen and oxygen atoms in total. The van der Waals surface area contributed by atoms with E-state index in [9.17, 15) is 0 Å². The molecule has 1 saturated heterocycles. The molecule has 0 aromatic heterocycles. The van der Waals surface area contributed by atoms with Gasteiger partial charge in [-0.05, 0) is 53.8 Å². The summed E-state index contributed by atoms with van der Waals surface area (Å²) in [6.07, 6.45) is 2.04. The SMILES string of the molecule is COc1cc2c(cc1OC)C1(CCOCC1)CN(Cc1ccc3c(c1)OCO3)C2. The van der Waals surface area contributed by atoms with Gasteiger partial charge in [0.2, 0.25) is 6.79 Å². The number of ether oxygens (including phenoxy) is 5. The van der Waals surface area contributed by atoms with Gasteiger partial charge in [0.15, 0.2) is 23.0 Å². The maximum atomic E-state index is 5.71. The highest BCUT2D eigenvalue weighted by Gasteiger charge is 2.41. The summed E-state index contributed by atoms with van der Waals surface area (Å²) in [6.45, 7) is 4.66. The molecule has 2 aromatic rings. The Hall–Kier alpha value is -2.44. The van der Waals surface area contributed by atoms with Crippen LogP contribution < -0.4 is 18.9 Å². The van der Waals surface area contributed by atoms with E-state index in [1.807, 2.05) is 6.07 Å². The van der Waals surface area contributed by atoms with Gasteiger partial charge in [0.1, 0.15) is 0 Å². The number of nitrogens with zero attached hydrogens (tertiary/aromatic N) is 1. The molecule has 29 heavy (non-hydrogen) atoms. The summed E-state index contributed by atoms with van der Waals surface area (Å²) in [4.78, 5) is 2.52. The van der Waals surface area contributed by atoms with Gasteiger partial charge in [-0.2, -0.15) is 0 Å². The Balaban J connectivity index is 1.48. The van der Waals surface area contributed by atoms with Crippen LogP contribution in [0.1, 0.15) is 29.5 Å². The molecule has 5 rings (SSSR count). The van der Waals surface area contributed by atoms with Crippen molar-refractivity contribution in [1.29, 1.82) is 0 Å². The van der Waals surface area contributed by atoms with Crippen LogP contribution >= 0.6 is 0 Å². The number of hydrogen-bond acceptors (Lipinski definition) is 6. The first-order chi connectivity index (χ1) is 14.2. The van der Waals surface area contributed by atoms with Gasteiger partial charge >= 0.3 is 0 Å². The zero-order valence-corrected chi connectivity index (χ0v) is 17.0. The van der Waals surface area contributed by atoms with Gasteiger partial charge in [-0.25, -0.2) is 0 Å². The topological polar surface area (TPSA) is 49.4 Å². The van der Waals surface area contributed by atoms with Crippen LogP contribution in [0.15, 0.2) is 30.3 Å². The lowest BCUT2D eigenvalue weighted by atomic mass is 9.69. The smallest absolute Gasteiger partial charge is 0.231 e. The van der Waals surface area contributed by atoms with Crippen molar-refractivity contribution in [2.75, 3.05) is 40.8 Å². The molecule has 0 aliphatic carbocycles. The van der Waals surface area contributed by atoms with Crippen LogP contribution in [0.4, 0.5) is 0 Å². The first kappa shape index (κ1) is 18.6. The highest BCUT2D eigenvalue weighted by atomic mass is 16.7. The van der Waals surface area contributed by atoms with Crippen molar-refractivity contribution in [2.45, 2.75) is 31.3 Å². The van der Waals surface area contributed by atoms with Gasteiger partial charge in [-0.1, -0.05) is 6.07 Å². The molecule has 154 valence electrons. The summed E-state index contributed by atoms with van der Waals surface area (Å²) in [7, 11) is 3.40.